The highest BCUT2D eigenvalue weighted by atomic mass is 32.1. The van der Waals surface area contributed by atoms with Crippen molar-refractivity contribution in [1.29, 1.82) is 0 Å². The molecule has 256 valence electrons. The summed E-state index contributed by atoms with van der Waals surface area (Å²) in [4.78, 5) is 15.2. The van der Waals surface area contributed by atoms with Crippen LogP contribution in [0.5, 0.6) is 0 Å². The Morgan fingerprint density at radius 2 is 1.09 bits per heavy atom. The highest BCUT2D eigenvalue weighted by Gasteiger charge is 2.22. The fraction of sp³-hybridized carbons (Fsp3) is 0. The van der Waals surface area contributed by atoms with Crippen molar-refractivity contribution in [3.05, 3.63) is 170 Å². The molecule has 8 aromatic carbocycles. The van der Waals surface area contributed by atoms with E-state index in [1.807, 2.05) is 72.0 Å². The summed E-state index contributed by atoms with van der Waals surface area (Å²) < 4.78 is 12.0. The van der Waals surface area contributed by atoms with Crippen molar-refractivity contribution >= 4 is 86.0 Å². The van der Waals surface area contributed by atoms with Gasteiger partial charge in [0.1, 0.15) is 11.2 Å². The van der Waals surface area contributed by atoms with Gasteiger partial charge in [0.25, 0.3) is 0 Å². The first-order valence-electron chi connectivity index (χ1n) is 18.4. The van der Waals surface area contributed by atoms with Gasteiger partial charge in [0.2, 0.25) is 0 Å². The predicted molar refractivity (Wildman–Crippen MR) is 228 cm³/mol. The number of nitrogens with zero attached hydrogens (tertiary/aromatic N) is 4. The van der Waals surface area contributed by atoms with Crippen LogP contribution in [-0.4, -0.2) is 19.5 Å². The molecule has 5 nitrogen and oxygen atoms in total. The number of aromatic nitrogens is 4. The van der Waals surface area contributed by atoms with E-state index >= 15 is 0 Å². The second-order valence-corrected chi connectivity index (χ2v) is 15.0. The number of para-hydroxylation sites is 1. The molecule has 55 heavy (non-hydrogen) atoms. The summed E-state index contributed by atoms with van der Waals surface area (Å²) in [6.45, 7) is 0. The van der Waals surface area contributed by atoms with E-state index in [9.17, 15) is 0 Å². The zero-order valence-corrected chi connectivity index (χ0v) is 30.1. The Labute approximate surface area is 318 Å². The van der Waals surface area contributed by atoms with E-state index in [0.717, 1.165) is 60.6 Å². The standard InChI is InChI=1S/C49H28N4OS/c1-3-13-29(14-4-1)47-50-48(30-15-5-2-6-16-30)52-49(51-47)39-27-31-17-7-8-18-33(31)43-38-24-23-32(28-41(38)54-45(39)43)53-40-21-11-9-19-34(40)36-25-26-37-35-20-10-12-22-42(35)55-46(37)44(36)53/h1-28H. The first kappa shape index (κ1) is 30.3. The van der Waals surface area contributed by atoms with E-state index < -0.39 is 0 Å². The fourth-order valence-electron chi connectivity index (χ4n) is 8.35. The molecule has 0 N–H and O–H groups in total. The quantitative estimate of drug-likeness (QED) is 0.182. The van der Waals surface area contributed by atoms with Crippen LogP contribution in [0.15, 0.2) is 174 Å². The van der Waals surface area contributed by atoms with E-state index in [0.29, 0.717) is 17.5 Å². The van der Waals surface area contributed by atoms with E-state index in [1.165, 1.54) is 36.5 Å². The lowest BCUT2D eigenvalue weighted by molar-refractivity contribution is 0.669. The van der Waals surface area contributed by atoms with Gasteiger partial charge < -0.3 is 8.98 Å². The SMILES string of the molecule is c1ccc(-c2nc(-c3ccccc3)nc(-c3cc4ccccc4c4c3oc3cc(-n5c6ccccc6c6ccc7c8ccccc8sc7c65)ccc34)n2)cc1. The molecule has 4 aromatic heterocycles. The molecule has 0 saturated carbocycles. The third-order valence-corrected chi connectivity index (χ3v) is 12.0. The number of furan rings is 1. The fourth-order valence-corrected chi connectivity index (χ4v) is 9.59. The molecule has 0 bridgehead atoms. The van der Waals surface area contributed by atoms with Crippen LogP contribution in [0.1, 0.15) is 0 Å². The monoisotopic (exact) mass is 720 g/mol. The topological polar surface area (TPSA) is 56.7 Å². The Balaban J connectivity index is 1.14. The molecule has 0 spiro atoms. The van der Waals surface area contributed by atoms with Crippen LogP contribution >= 0.6 is 11.3 Å². The zero-order valence-electron chi connectivity index (χ0n) is 29.3. The lowest BCUT2D eigenvalue weighted by Crippen LogP contribution is -2.00. The van der Waals surface area contributed by atoms with Crippen LogP contribution in [0.4, 0.5) is 0 Å². The Kier molecular flexibility index (Phi) is 6.44. The molecule has 0 unspecified atom stereocenters. The molecule has 4 heterocycles. The maximum Gasteiger partial charge on any atom is 0.167 e. The molecule has 0 atom stereocenters. The van der Waals surface area contributed by atoms with Crippen molar-refractivity contribution in [3.8, 4) is 39.9 Å². The molecule has 12 aromatic rings. The van der Waals surface area contributed by atoms with Crippen LogP contribution in [0, 0.1) is 0 Å². The first-order chi connectivity index (χ1) is 27.3. The van der Waals surface area contributed by atoms with Gasteiger partial charge in [0, 0.05) is 59.9 Å². The lowest BCUT2D eigenvalue weighted by atomic mass is 9.99. The van der Waals surface area contributed by atoms with Gasteiger partial charge in [0.15, 0.2) is 17.5 Å². The van der Waals surface area contributed by atoms with Crippen LogP contribution in [0.2, 0.25) is 0 Å². The van der Waals surface area contributed by atoms with Gasteiger partial charge >= 0.3 is 0 Å². The smallest absolute Gasteiger partial charge is 0.167 e. The maximum absolute atomic E-state index is 7.02. The van der Waals surface area contributed by atoms with Crippen molar-refractivity contribution in [2.24, 2.45) is 0 Å². The third-order valence-electron chi connectivity index (χ3n) is 10.8. The Morgan fingerprint density at radius 3 is 1.87 bits per heavy atom. The second-order valence-electron chi connectivity index (χ2n) is 14.0. The van der Waals surface area contributed by atoms with Crippen molar-refractivity contribution < 1.29 is 4.42 Å². The summed E-state index contributed by atoms with van der Waals surface area (Å²) >= 11 is 1.86. The van der Waals surface area contributed by atoms with E-state index in [1.54, 1.807) is 0 Å². The molecule has 0 radical (unpaired) electrons. The van der Waals surface area contributed by atoms with Crippen molar-refractivity contribution in [2.75, 3.05) is 0 Å². The summed E-state index contributed by atoms with van der Waals surface area (Å²) in [5.41, 5.74) is 7.66. The Morgan fingerprint density at radius 1 is 0.473 bits per heavy atom. The van der Waals surface area contributed by atoms with E-state index in [2.05, 4.69) is 114 Å². The number of benzene rings is 8. The normalized spacial score (nSPS) is 12.0. The average molecular weight is 721 g/mol. The number of hydrogen-bond acceptors (Lipinski definition) is 5. The molecule has 12 rings (SSSR count). The first-order valence-corrected chi connectivity index (χ1v) is 19.2. The van der Waals surface area contributed by atoms with E-state index in [-0.39, 0.29) is 0 Å². The van der Waals surface area contributed by atoms with Crippen LogP contribution in [0.25, 0.3) is 115 Å². The number of fused-ring (bicyclic) bond motifs is 12. The number of thiophene rings is 1. The Bertz CT molecular complexity index is 3430. The van der Waals surface area contributed by atoms with Gasteiger partial charge in [-0.05, 0) is 41.1 Å². The number of rotatable bonds is 4. The van der Waals surface area contributed by atoms with Crippen LogP contribution < -0.4 is 0 Å². The van der Waals surface area contributed by atoms with Crippen LogP contribution in [-0.2, 0) is 0 Å². The van der Waals surface area contributed by atoms with Gasteiger partial charge in [-0.15, -0.1) is 11.3 Å². The average Bonchev–Trinajstić information content (AvgIpc) is 3.94. The van der Waals surface area contributed by atoms with Crippen molar-refractivity contribution in [3.63, 3.8) is 0 Å². The summed E-state index contributed by atoms with van der Waals surface area (Å²) in [6, 6.07) is 59.5. The van der Waals surface area contributed by atoms with Crippen molar-refractivity contribution in [2.45, 2.75) is 0 Å². The molecule has 0 aliphatic carbocycles. The molecule has 0 amide bonds. The summed E-state index contributed by atoms with van der Waals surface area (Å²) in [5.74, 6) is 1.79. The van der Waals surface area contributed by atoms with Gasteiger partial charge in [0.05, 0.1) is 21.3 Å². The maximum atomic E-state index is 7.02. The molecular formula is C49H28N4OS. The minimum Gasteiger partial charge on any atom is -0.455 e. The number of hydrogen-bond donors (Lipinski definition) is 0. The molecular weight excluding hydrogens is 693 g/mol. The van der Waals surface area contributed by atoms with Gasteiger partial charge in [-0.2, -0.15) is 0 Å². The summed E-state index contributed by atoms with van der Waals surface area (Å²) in [5, 5.41) is 9.35. The second kappa shape index (κ2) is 11.7. The minimum atomic E-state index is 0.567. The molecule has 0 aliphatic rings. The van der Waals surface area contributed by atoms with Gasteiger partial charge in [-0.1, -0.05) is 133 Å². The zero-order chi connectivity index (χ0) is 36.0. The predicted octanol–water partition coefficient (Wildman–Crippen LogP) is 13.4. The van der Waals surface area contributed by atoms with Crippen molar-refractivity contribution in [1.82, 2.24) is 19.5 Å². The molecule has 0 fully saturated rings. The highest BCUT2D eigenvalue weighted by Crippen LogP contribution is 2.45. The summed E-state index contributed by atoms with van der Waals surface area (Å²) in [7, 11) is 0. The lowest BCUT2D eigenvalue weighted by Gasteiger charge is -2.10. The van der Waals surface area contributed by atoms with Gasteiger partial charge in [-0.3, -0.25) is 0 Å². The van der Waals surface area contributed by atoms with Gasteiger partial charge in [-0.25, -0.2) is 15.0 Å². The minimum absolute atomic E-state index is 0.567. The molecule has 0 aliphatic heterocycles. The summed E-state index contributed by atoms with van der Waals surface area (Å²) in [6.07, 6.45) is 0. The molecule has 0 saturated heterocycles. The van der Waals surface area contributed by atoms with Crippen LogP contribution in [0.3, 0.4) is 0 Å². The molecule has 6 heteroatoms. The van der Waals surface area contributed by atoms with E-state index in [4.69, 9.17) is 19.4 Å². The largest absolute Gasteiger partial charge is 0.455 e. The third kappa shape index (κ3) is 4.55. The Hall–Kier alpha value is -7.15. The highest BCUT2D eigenvalue weighted by molar-refractivity contribution is 7.26.